The van der Waals surface area contributed by atoms with Crippen molar-refractivity contribution in [1.29, 1.82) is 0 Å². The van der Waals surface area contributed by atoms with E-state index in [1.54, 1.807) is 18.0 Å². The van der Waals surface area contributed by atoms with E-state index < -0.39 is 0 Å². The molecule has 0 atom stereocenters. The highest BCUT2D eigenvalue weighted by atomic mass is 32.2. The molecule has 1 aliphatic heterocycles. The number of anilines is 1. The van der Waals surface area contributed by atoms with Gasteiger partial charge in [0, 0.05) is 13.1 Å². The van der Waals surface area contributed by atoms with E-state index in [2.05, 4.69) is 26.6 Å². The number of nitrogens with zero attached hydrogens (tertiary/aromatic N) is 4. The lowest BCUT2D eigenvalue weighted by molar-refractivity contribution is 0.427. The van der Waals surface area contributed by atoms with E-state index >= 15 is 0 Å². The number of thioether (sulfide) groups is 1. The van der Waals surface area contributed by atoms with Crippen LogP contribution in [-0.4, -0.2) is 34.1 Å². The minimum Gasteiger partial charge on any atom is -0.467 e. The average Bonchev–Trinajstić information content (AvgIpc) is 3.10. The molecule has 0 amide bonds. The van der Waals surface area contributed by atoms with Crippen molar-refractivity contribution in [2.45, 2.75) is 31.5 Å². The van der Waals surface area contributed by atoms with Crippen molar-refractivity contribution in [1.82, 2.24) is 14.8 Å². The molecule has 20 heavy (non-hydrogen) atoms. The van der Waals surface area contributed by atoms with Gasteiger partial charge < -0.3 is 9.32 Å². The second kappa shape index (κ2) is 5.91. The Labute approximate surface area is 123 Å². The number of rotatable bonds is 4. The third-order valence-electron chi connectivity index (χ3n) is 3.84. The molecule has 2 aromatic rings. The van der Waals surface area contributed by atoms with E-state index in [9.17, 15) is 0 Å². The maximum Gasteiger partial charge on any atom is 0.228 e. The SMILES string of the molecule is CSc1nnc(N2CCC(C)CC2)n1Cc1ccco1. The molecule has 0 N–H and O–H groups in total. The highest BCUT2D eigenvalue weighted by Gasteiger charge is 2.22. The fourth-order valence-corrected chi connectivity index (χ4v) is 3.06. The van der Waals surface area contributed by atoms with Gasteiger partial charge in [-0.3, -0.25) is 4.57 Å². The van der Waals surface area contributed by atoms with Gasteiger partial charge in [0.2, 0.25) is 5.95 Å². The summed E-state index contributed by atoms with van der Waals surface area (Å²) in [4.78, 5) is 2.34. The Hall–Kier alpha value is -1.43. The Morgan fingerprint density at radius 1 is 1.35 bits per heavy atom. The molecule has 1 aliphatic rings. The van der Waals surface area contributed by atoms with Crippen LogP contribution in [0.25, 0.3) is 0 Å². The summed E-state index contributed by atoms with van der Waals surface area (Å²) in [6.07, 6.45) is 6.19. The Kier molecular flexibility index (Phi) is 4.00. The lowest BCUT2D eigenvalue weighted by Crippen LogP contribution is -2.35. The van der Waals surface area contributed by atoms with Crippen LogP contribution in [0.2, 0.25) is 0 Å². The van der Waals surface area contributed by atoms with Gasteiger partial charge in [-0.25, -0.2) is 0 Å². The van der Waals surface area contributed by atoms with Crippen LogP contribution in [0.15, 0.2) is 28.0 Å². The van der Waals surface area contributed by atoms with Gasteiger partial charge in [0.1, 0.15) is 5.76 Å². The summed E-state index contributed by atoms with van der Waals surface area (Å²) in [7, 11) is 0. The van der Waals surface area contributed by atoms with Crippen LogP contribution < -0.4 is 4.90 Å². The molecule has 0 aromatic carbocycles. The largest absolute Gasteiger partial charge is 0.467 e. The zero-order chi connectivity index (χ0) is 13.9. The van der Waals surface area contributed by atoms with Crippen LogP contribution in [0.5, 0.6) is 0 Å². The monoisotopic (exact) mass is 292 g/mol. The zero-order valence-electron chi connectivity index (χ0n) is 12.0. The van der Waals surface area contributed by atoms with Crippen molar-refractivity contribution in [3.63, 3.8) is 0 Å². The first-order valence-electron chi connectivity index (χ1n) is 7.02. The van der Waals surface area contributed by atoms with Crippen molar-refractivity contribution >= 4 is 17.7 Å². The third kappa shape index (κ3) is 2.70. The minimum absolute atomic E-state index is 0.692. The highest BCUT2D eigenvalue weighted by Crippen LogP contribution is 2.25. The predicted octanol–water partition coefficient (Wildman–Crippen LogP) is 2.88. The number of piperidine rings is 1. The van der Waals surface area contributed by atoms with Crippen molar-refractivity contribution in [2.75, 3.05) is 24.2 Å². The third-order valence-corrected chi connectivity index (χ3v) is 4.51. The van der Waals surface area contributed by atoms with E-state index in [0.717, 1.165) is 35.9 Å². The van der Waals surface area contributed by atoms with Gasteiger partial charge in [-0.1, -0.05) is 18.7 Å². The normalized spacial score (nSPS) is 16.8. The molecule has 0 saturated carbocycles. The van der Waals surface area contributed by atoms with Crippen molar-refractivity contribution in [3.05, 3.63) is 24.2 Å². The lowest BCUT2D eigenvalue weighted by Gasteiger charge is -2.31. The average molecular weight is 292 g/mol. The Morgan fingerprint density at radius 2 is 2.15 bits per heavy atom. The Bertz CT molecular complexity index is 544. The van der Waals surface area contributed by atoms with Crippen molar-refractivity contribution in [2.24, 2.45) is 5.92 Å². The first kappa shape index (κ1) is 13.5. The number of furan rings is 1. The lowest BCUT2D eigenvalue weighted by atomic mass is 10.00. The molecular formula is C14H20N4OS. The van der Waals surface area contributed by atoms with E-state index in [-0.39, 0.29) is 0 Å². The molecule has 3 heterocycles. The molecule has 2 aromatic heterocycles. The molecule has 3 rings (SSSR count). The summed E-state index contributed by atoms with van der Waals surface area (Å²) >= 11 is 1.62. The predicted molar refractivity (Wildman–Crippen MR) is 80.2 cm³/mol. The van der Waals surface area contributed by atoms with Crippen LogP contribution in [0, 0.1) is 5.92 Å². The molecule has 0 radical (unpaired) electrons. The number of hydrogen-bond donors (Lipinski definition) is 0. The number of hydrogen-bond acceptors (Lipinski definition) is 5. The van der Waals surface area contributed by atoms with E-state index in [0.29, 0.717) is 6.54 Å². The standard InChI is InChI=1S/C14H20N4OS/c1-11-5-7-17(8-6-11)13-15-16-14(20-2)18(13)10-12-4-3-9-19-12/h3-4,9,11H,5-8,10H2,1-2H3. The van der Waals surface area contributed by atoms with Gasteiger partial charge in [-0.15, -0.1) is 10.2 Å². The molecule has 1 saturated heterocycles. The van der Waals surface area contributed by atoms with E-state index in [4.69, 9.17) is 4.42 Å². The Balaban J connectivity index is 1.85. The molecule has 108 valence electrons. The van der Waals surface area contributed by atoms with Crippen LogP contribution in [0.1, 0.15) is 25.5 Å². The quantitative estimate of drug-likeness (QED) is 0.811. The maximum atomic E-state index is 5.46. The van der Waals surface area contributed by atoms with Gasteiger partial charge in [0.25, 0.3) is 0 Å². The first-order chi connectivity index (χ1) is 9.78. The molecule has 1 fully saturated rings. The van der Waals surface area contributed by atoms with Gasteiger partial charge >= 0.3 is 0 Å². The summed E-state index contributed by atoms with van der Waals surface area (Å²) in [5.41, 5.74) is 0. The summed E-state index contributed by atoms with van der Waals surface area (Å²) in [5.74, 6) is 2.72. The topological polar surface area (TPSA) is 47.1 Å². The van der Waals surface area contributed by atoms with Gasteiger partial charge in [0.15, 0.2) is 5.16 Å². The second-order valence-electron chi connectivity index (χ2n) is 5.32. The van der Waals surface area contributed by atoms with E-state index in [1.807, 2.05) is 18.4 Å². The fraction of sp³-hybridized carbons (Fsp3) is 0.571. The fourth-order valence-electron chi connectivity index (χ4n) is 2.57. The zero-order valence-corrected chi connectivity index (χ0v) is 12.8. The summed E-state index contributed by atoms with van der Waals surface area (Å²) in [6, 6.07) is 3.91. The van der Waals surface area contributed by atoms with Gasteiger partial charge in [-0.05, 0) is 37.1 Å². The van der Waals surface area contributed by atoms with Crippen LogP contribution in [0.3, 0.4) is 0 Å². The Morgan fingerprint density at radius 3 is 2.80 bits per heavy atom. The van der Waals surface area contributed by atoms with Crippen molar-refractivity contribution < 1.29 is 4.42 Å². The van der Waals surface area contributed by atoms with Crippen LogP contribution >= 0.6 is 11.8 Å². The minimum atomic E-state index is 0.692. The molecule has 5 nitrogen and oxygen atoms in total. The smallest absolute Gasteiger partial charge is 0.228 e. The summed E-state index contributed by atoms with van der Waals surface area (Å²) < 4.78 is 7.61. The van der Waals surface area contributed by atoms with Crippen LogP contribution in [0.4, 0.5) is 5.95 Å². The van der Waals surface area contributed by atoms with Crippen molar-refractivity contribution in [3.8, 4) is 0 Å². The van der Waals surface area contributed by atoms with Gasteiger partial charge in [0.05, 0.1) is 12.8 Å². The summed E-state index contributed by atoms with van der Waals surface area (Å²) in [5, 5.41) is 9.63. The van der Waals surface area contributed by atoms with Gasteiger partial charge in [-0.2, -0.15) is 0 Å². The molecular weight excluding hydrogens is 272 g/mol. The molecule has 6 heteroatoms. The molecule has 0 spiro atoms. The summed E-state index contributed by atoms with van der Waals surface area (Å²) in [6.45, 7) is 5.13. The molecule has 0 unspecified atom stereocenters. The molecule has 0 bridgehead atoms. The second-order valence-corrected chi connectivity index (χ2v) is 6.10. The maximum absolute atomic E-state index is 5.46. The highest BCUT2D eigenvalue weighted by molar-refractivity contribution is 7.98. The molecule has 0 aliphatic carbocycles. The van der Waals surface area contributed by atoms with E-state index in [1.165, 1.54) is 12.8 Å². The number of aromatic nitrogens is 3. The first-order valence-corrected chi connectivity index (χ1v) is 8.25. The van der Waals surface area contributed by atoms with Crippen LogP contribution in [-0.2, 0) is 6.54 Å².